The summed E-state index contributed by atoms with van der Waals surface area (Å²) < 4.78 is 77.3. The van der Waals surface area contributed by atoms with Gasteiger partial charge in [0.25, 0.3) is 5.92 Å². The summed E-state index contributed by atoms with van der Waals surface area (Å²) in [5.74, 6) is -2.44. The number of aromatic nitrogens is 2. The lowest BCUT2D eigenvalue weighted by Crippen LogP contribution is -2.51. The summed E-state index contributed by atoms with van der Waals surface area (Å²) in [5.41, 5.74) is -0.197. The zero-order chi connectivity index (χ0) is 26.5. The van der Waals surface area contributed by atoms with Gasteiger partial charge in [-0.05, 0) is 44.4 Å². The third kappa shape index (κ3) is 5.62. The Labute approximate surface area is 209 Å². The van der Waals surface area contributed by atoms with Gasteiger partial charge in [0, 0.05) is 24.4 Å². The number of alkyl halides is 2. The Balaban J connectivity index is 1.42. The van der Waals surface area contributed by atoms with E-state index in [1.165, 1.54) is 17.3 Å². The molecule has 2 aliphatic carbocycles. The minimum atomic E-state index is -3.59. The van der Waals surface area contributed by atoms with Crippen LogP contribution in [-0.4, -0.2) is 79.0 Å². The average Bonchev–Trinajstić information content (AvgIpc) is 3.24. The van der Waals surface area contributed by atoms with Crippen LogP contribution in [0.15, 0.2) is 12.4 Å². The number of sulfonamides is 1. The highest BCUT2D eigenvalue weighted by Gasteiger charge is 2.66. The van der Waals surface area contributed by atoms with Crippen LogP contribution < -0.4 is 4.72 Å². The summed E-state index contributed by atoms with van der Waals surface area (Å²) in [6, 6.07) is -1.79. The van der Waals surface area contributed by atoms with Crippen LogP contribution in [0.5, 0.6) is 0 Å². The molecular weight excluding hydrogens is 501 g/mol. The van der Waals surface area contributed by atoms with Gasteiger partial charge in [-0.3, -0.25) is 4.90 Å². The molecular formula is C23H33F3N4O5S. The van der Waals surface area contributed by atoms with E-state index in [2.05, 4.69) is 21.6 Å². The lowest BCUT2D eigenvalue weighted by Gasteiger charge is -2.33. The van der Waals surface area contributed by atoms with E-state index in [1.54, 1.807) is 6.92 Å². The second-order valence-corrected chi connectivity index (χ2v) is 12.4. The molecule has 7 atom stereocenters. The molecule has 13 heteroatoms. The average molecular weight is 535 g/mol. The number of amides is 1. The number of fused-ring (bicyclic) bond motifs is 1. The number of carbonyl (C=O) groups is 1. The first-order valence-corrected chi connectivity index (χ1v) is 14.0. The third-order valence-electron chi connectivity index (χ3n) is 7.82. The van der Waals surface area contributed by atoms with Crippen molar-refractivity contribution >= 4 is 16.1 Å². The van der Waals surface area contributed by atoms with Crippen molar-refractivity contribution in [2.24, 2.45) is 11.8 Å². The molecule has 3 aliphatic rings. The number of hydrogen-bond acceptors (Lipinski definition) is 7. The molecule has 4 rings (SSSR count). The summed E-state index contributed by atoms with van der Waals surface area (Å²) in [4.78, 5) is 22.4. The fourth-order valence-electron chi connectivity index (χ4n) is 6.11. The Morgan fingerprint density at radius 1 is 1.28 bits per heavy atom. The van der Waals surface area contributed by atoms with Crippen molar-refractivity contribution in [1.29, 1.82) is 0 Å². The lowest BCUT2D eigenvalue weighted by molar-refractivity contribution is -0.0533. The third-order valence-corrected chi connectivity index (χ3v) is 8.55. The number of likely N-dealkylation sites (tertiary alicyclic amines) is 1. The zero-order valence-corrected chi connectivity index (χ0v) is 21.6. The van der Waals surface area contributed by atoms with Gasteiger partial charge in [0.1, 0.15) is 5.82 Å². The van der Waals surface area contributed by atoms with Gasteiger partial charge in [0.05, 0.1) is 37.4 Å². The predicted molar refractivity (Wildman–Crippen MR) is 123 cm³/mol. The van der Waals surface area contributed by atoms with Crippen LogP contribution in [0.2, 0.25) is 0 Å². The first-order valence-electron chi connectivity index (χ1n) is 12.1. The van der Waals surface area contributed by atoms with E-state index in [-0.39, 0.29) is 24.0 Å². The number of ether oxygens (including phenoxy) is 2. The van der Waals surface area contributed by atoms with Crippen molar-refractivity contribution in [2.45, 2.75) is 82.0 Å². The van der Waals surface area contributed by atoms with Crippen molar-refractivity contribution in [2.75, 3.05) is 19.5 Å². The summed E-state index contributed by atoms with van der Waals surface area (Å²) in [5, 5.41) is 0. The molecule has 1 aliphatic heterocycles. The van der Waals surface area contributed by atoms with Crippen LogP contribution >= 0.6 is 0 Å². The molecule has 0 radical (unpaired) electrons. The second kappa shape index (κ2) is 9.71. The Kier molecular flexibility index (Phi) is 7.30. The number of nitrogens with zero attached hydrogens (tertiary/aromatic N) is 3. The molecule has 3 fully saturated rings. The fourth-order valence-corrected chi connectivity index (χ4v) is 6.91. The predicted octanol–water partition coefficient (Wildman–Crippen LogP) is 2.86. The Morgan fingerprint density at radius 3 is 2.53 bits per heavy atom. The van der Waals surface area contributed by atoms with Gasteiger partial charge in [-0.1, -0.05) is 6.92 Å². The molecule has 1 aromatic rings. The molecule has 0 spiro atoms. The molecule has 1 N–H and O–H groups in total. The largest absolute Gasteiger partial charge is 0.443 e. The SMILES string of the molecule is C[C@@H]1C[C@H](NS(C)(=O)=O)[C@H](CO[C@H]2CC[C@]3(c4ncc(F)cn4)C(C2)[C@@H]3C)N1C(=O)OCC(C)(F)F. The van der Waals surface area contributed by atoms with Gasteiger partial charge in [-0.25, -0.2) is 41.1 Å². The summed E-state index contributed by atoms with van der Waals surface area (Å²) >= 11 is 0. The first-order chi connectivity index (χ1) is 16.7. The molecule has 1 unspecified atom stereocenters. The fraction of sp³-hybridized carbons (Fsp3) is 0.783. The van der Waals surface area contributed by atoms with E-state index in [9.17, 15) is 26.4 Å². The number of hydrogen-bond donors (Lipinski definition) is 1. The van der Waals surface area contributed by atoms with Gasteiger partial charge in [0.2, 0.25) is 10.0 Å². The first kappa shape index (κ1) is 27.1. The molecule has 0 bridgehead atoms. The molecule has 202 valence electrons. The van der Waals surface area contributed by atoms with Crippen LogP contribution in [0.25, 0.3) is 0 Å². The maximum Gasteiger partial charge on any atom is 0.410 e. The highest BCUT2D eigenvalue weighted by Crippen LogP contribution is 2.66. The number of halogens is 3. The Hall–Kier alpha value is -1.99. The van der Waals surface area contributed by atoms with E-state index in [0.717, 1.165) is 19.1 Å². The lowest BCUT2D eigenvalue weighted by atomic mass is 9.85. The maximum absolute atomic E-state index is 13.3. The standard InChI is InChI=1S/C23H33F3N4O5S/c1-13-7-18(29-36(4,32)33)19(30(13)21(31)35-12-22(3,25)26)11-34-16-5-6-23(14(2)17(23)8-16)20-27-9-15(24)10-28-20/h9-10,13-14,16-19,29H,5-8,11-12H2,1-4H3/t13-,14+,16+,17?,18+,19+,23-/m1/s1. The normalized spacial score (nSPS) is 34.4. The molecule has 0 aromatic carbocycles. The van der Waals surface area contributed by atoms with Gasteiger partial charge in [-0.15, -0.1) is 0 Å². The highest BCUT2D eigenvalue weighted by molar-refractivity contribution is 7.88. The molecule has 2 heterocycles. The van der Waals surface area contributed by atoms with Gasteiger partial charge in [-0.2, -0.15) is 0 Å². The summed E-state index contributed by atoms with van der Waals surface area (Å²) in [6.07, 6.45) is 4.80. The summed E-state index contributed by atoms with van der Waals surface area (Å²) in [7, 11) is -3.59. The van der Waals surface area contributed by atoms with Crippen molar-refractivity contribution < 1.29 is 35.9 Å². The van der Waals surface area contributed by atoms with Crippen molar-refractivity contribution in [3.63, 3.8) is 0 Å². The van der Waals surface area contributed by atoms with E-state index in [4.69, 9.17) is 9.47 Å². The Morgan fingerprint density at radius 2 is 1.94 bits per heavy atom. The molecule has 1 aromatic heterocycles. The van der Waals surface area contributed by atoms with Gasteiger partial charge in [0.15, 0.2) is 12.4 Å². The monoisotopic (exact) mass is 534 g/mol. The minimum absolute atomic E-state index is 0.0287. The van der Waals surface area contributed by atoms with Crippen molar-refractivity contribution in [1.82, 2.24) is 19.6 Å². The van der Waals surface area contributed by atoms with Crippen molar-refractivity contribution in [3.05, 3.63) is 24.0 Å². The topological polar surface area (TPSA) is 111 Å². The van der Waals surface area contributed by atoms with E-state index in [1.807, 2.05) is 0 Å². The van der Waals surface area contributed by atoms with Gasteiger partial charge >= 0.3 is 6.09 Å². The number of carbonyl (C=O) groups excluding carboxylic acids is 1. The smallest absolute Gasteiger partial charge is 0.410 e. The quantitative estimate of drug-likeness (QED) is 0.546. The van der Waals surface area contributed by atoms with Crippen LogP contribution in [0, 0.1) is 17.7 Å². The molecule has 36 heavy (non-hydrogen) atoms. The minimum Gasteiger partial charge on any atom is -0.443 e. The molecule has 1 amide bonds. The van der Waals surface area contributed by atoms with Gasteiger partial charge < -0.3 is 9.47 Å². The highest BCUT2D eigenvalue weighted by atomic mass is 32.2. The Bertz CT molecular complexity index is 1070. The van der Waals surface area contributed by atoms with Crippen LogP contribution in [0.1, 0.15) is 52.3 Å². The van der Waals surface area contributed by atoms with E-state index < -0.39 is 52.6 Å². The van der Waals surface area contributed by atoms with Crippen LogP contribution in [-0.2, 0) is 24.9 Å². The van der Waals surface area contributed by atoms with Crippen LogP contribution in [0.3, 0.4) is 0 Å². The number of rotatable bonds is 8. The number of nitrogens with one attached hydrogen (secondary N) is 1. The zero-order valence-electron chi connectivity index (χ0n) is 20.8. The van der Waals surface area contributed by atoms with Crippen molar-refractivity contribution in [3.8, 4) is 0 Å². The maximum atomic E-state index is 13.3. The second-order valence-electron chi connectivity index (χ2n) is 10.6. The van der Waals surface area contributed by atoms with E-state index in [0.29, 0.717) is 31.5 Å². The van der Waals surface area contributed by atoms with E-state index >= 15 is 0 Å². The van der Waals surface area contributed by atoms with Crippen LogP contribution in [0.4, 0.5) is 18.0 Å². The molecule has 1 saturated heterocycles. The molecule has 2 saturated carbocycles. The summed E-state index contributed by atoms with van der Waals surface area (Å²) in [6.45, 7) is 3.45. The molecule has 9 nitrogen and oxygen atoms in total.